The van der Waals surface area contributed by atoms with Crippen LogP contribution in [0.15, 0.2) is 35.8 Å². The molecule has 16 heavy (non-hydrogen) atoms. The Hall–Kier alpha value is -1.87. The van der Waals surface area contributed by atoms with Crippen LogP contribution < -0.4 is 0 Å². The van der Waals surface area contributed by atoms with Crippen molar-refractivity contribution in [3.8, 4) is 0 Å². The SMILES string of the molecule is C=C(CN=C=O)c1ccccc1C(F)(F)F. The van der Waals surface area contributed by atoms with Crippen LogP contribution >= 0.6 is 0 Å². The first-order valence-corrected chi connectivity index (χ1v) is 4.35. The summed E-state index contributed by atoms with van der Waals surface area (Å²) in [5.74, 6) is 0. The van der Waals surface area contributed by atoms with Gasteiger partial charge in [0, 0.05) is 0 Å². The molecule has 0 heterocycles. The molecule has 0 bridgehead atoms. The van der Waals surface area contributed by atoms with Crippen molar-refractivity contribution in [3.63, 3.8) is 0 Å². The topological polar surface area (TPSA) is 29.4 Å². The minimum Gasteiger partial charge on any atom is -0.211 e. The van der Waals surface area contributed by atoms with Crippen LogP contribution in [0.2, 0.25) is 0 Å². The van der Waals surface area contributed by atoms with Gasteiger partial charge in [0.15, 0.2) is 0 Å². The van der Waals surface area contributed by atoms with Crippen molar-refractivity contribution >= 4 is 11.7 Å². The molecule has 1 aromatic carbocycles. The Bertz CT molecular complexity index is 445. The predicted molar refractivity (Wildman–Crippen MR) is 53.5 cm³/mol. The minimum absolute atomic E-state index is 0.0472. The number of hydrogen-bond donors (Lipinski definition) is 0. The Kier molecular flexibility index (Phi) is 3.64. The first-order valence-electron chi connectivity index (χ1n) is 4.35. The third kappa shape index (κ3) is 2.81. The largest absolute Gasteiger partial charge is 0.416 e. The third-order valence-corrected chi connectivity index (χ3v) is 1.95. The molecule has 0 aromatic heterocycles. The van der Waals surface area contributed by atoms with Crippen LogP contribution in [0.1, 0.15) is 11.1 Å². The van der Waals surface area contributed by atoms with Gasteiger partial charge in [-0.15, -0.1) is 0 Å². The van der Waals surface area contributed by atoms with E-state index in [1.54, 1.807) is 0 Å². The van der Waals surface area contributed by atoms with Crippen molar-refractivity contribution in [2.75, 3.05) is 6.54 Å². The normalized spacial score (nSPS) is 10.7. The van der Waals surface area contributed by atoms with Gasteiger partial charge in [-0.25, -0.2) is 9.79 Å². The van der Waals surface area contributed by atoms with Gasteiger partial charge in [0.2, 0.25) is 6.08 Å². The predicted octanol–water partition coefficient (Wildman–Crippen LogP) is 3.05. The van der Waals surface area contributed by atoms with E-state index in [-0.39, 0.29) is 17.7 Å². The number of halogens is 3. The number of alkyl halides is 3. The number of hydrogen-bond acceptors (Lipinski definition) is 2. The number of isocyanates is 1. The molecule has 1 rings (SSSR count). The fraction of sp³-hybridized carbons (Fsp3) is 0.182. The average molecular weight is 227 g/mol. The third-order valence-electron chi connectivity index (χ3n) is 1.95. The Labute approximate surface area is 90.1 Å². The van der Waals surface area contributed by atoms with Crippen LogP contribution in [0.3, 0.4) is 0 Å². The van der Waals surface area contributed by atoms with E-state index >= 15 is 0 Å². The summed E-state index contributed by atoms with van der Waals surface area (Å²) >= 11 is 0. The van der Waals surface area contributed by atoms with Crippen LogP contribution in [0, 0.1) is 0 Å². The molecule has 0 atom stereocenters. The molecule has 0 aliphatic heterocycles. The number of aliphatic imine (C=N–C) groups is 1. The summed E-state index contributed by atoms with van der Waals surface area (Å²) in [6, 6.07) is 5.03. The highest BCUT2D eigenvalue weighted by Crippen LogP contribution is 2.34. The molecule has 0 N–H and O–H groups in total. The first-order chi connectivity index (χ1) is 7.46. The fourth-order valence-electron chi connectivity index (χ4n) is 1.25. The first kappa shape index (κ1) is 12.2. The minimum atomic E-state index is -4.44. The summed E-state index contributed by atoms with van der Waals surface area (Å²) in [6.07, 6.45) is -3.18. The summed E-state index contributed by atoms with van der Waals surface area (Å²) in [4.78, 5) is 13.1. The average Bonchev–Trinajstić information content (AvgIpc) is 2.24. The van der Waals surface area contributed by atoms with Crippen LogP contribution in [0.4, 0.5) is 13.2 Å². The van der Waals surface area contributed by atoms with Gasteiger partial charge >= 0.3 is 6.18 Å². The van der Waals surface area contributed by atoms with Crippen molar-refractivity contribution in [2.45, 2.75) is 6.18 Å². The van der Waals surface area contributed by atoms with Gasteiger partial charge in [0.05, 0.1) is 12.1 Å². The number of carbonyl (C=O) groups excluding carboxylic acids is 1. The molecule has 1 aromatic rings. The molecule has 0 unspecified atom stereocenters. The quantitative estimate of drug-likeness (QED) is 0.576. The van der Waals surface area contributed by atoms with Crippen LogP contribution in [0.5, 0.6) is 0 Å². The van der Waals surface area contributed by atoms with E-state index in [2.05, 4.69) is 11.6 Å². The van der Waals surface area contributed by atoms with Gasteiger partial charge in [-0.3, -0.25) is 0 Å². The van der Waals surface area contributed by atoms with Crippen molar-refractivity contribution < 1.29 is 18.0 Å². The molecule has 0 saturated heterocycles. The zero-order valence-corrected chi connectivity index (χ0v) is 8.21. The van der Waals surface area contributed by atoms with Crippen LogP contribution in [-0.2, 0) is 11.0 Å². The molecular formula is C11H8F3NO. The second kappa shape index (κ2) is 4.77. The van der Waals surface area contributed by atoms with Gasteiger partial charge in [-0.05, 0) is 17.2 Å². The zero-order chi connectivity index (χ0) is 12.2. The lowest BCUT2D eigenvalue weighted by Crippen LogP contribution is -2.09. The molecular weight excluding hydrogens is 219 g/mol. The second-order valence-corrected chi connectivity index (χ2v) is 3.05. The molecule has 0 radical (unpaired) electrons. The fourth-order valence-corrected chi connectivity index (χ4v) is 1.25. The lowest BCUT2D eigenvalue weighted by Gasteiger charge is -2.12. The van der Waals surface area contributed by atoms with Crippen molar-refractivity contribution in [3.05, 3.63) is 42.0 Å². The lowest BCUT2D eigenvalue weighted by molar-refractivity contribution is -0.137. The van der Waals surface area contributed by atoms with Gasteiger partial charge in [-0.2, -0.15) is 13.2 Å². The van der Waals surface area contributed by atoms with E-state index in [1.165, 1.54) is 24.3 Å². The summed E-state index contributed by atoms with van der Waals surface area (Å²) in [6.45, 7) is 3.28. The van der Waals surface area contributed by atoms with Gasteiger partial charge < -0.3 is 0 Å². The Morgan fingerprint density at radius 2 is 2.00 bits per heavy atom. The van der Waals surface area contributed by atoms with Crippen molar-refractivity contribution in [1.29, 1.82) is 0 Å². The molecule has 0 aliphatic carbocycles. The standard InChI is InChI=1S/C11H8F3NO/c1-8(6-15-7-16)9-4-2-3-5-10(9)11(12,13)14/h2-5H,1,6H2. The van der Waals surface area contributed by atoms with E-state index in [0.29, 0.717) is 0 Å². The maximum Gasteiger partial charge on any atom is 0.416 e. The molecule has 2 nitrogen and oxygen atoms in total. The lowest BCUT2D eigenvalue weighted by atomic mass is 10.0. The molecule has 0 fully saturated rings. The number of rotatable bonds is 3. The number of nitrogens with zero attached hydrogens (tertiary/aromatic N) is 1. The highest BCUT2D eigenvalue weighted by Gasteiger charge is 2.33. The van der Waals surface area contributed by atoms with E-state index in [0.717, 1.165) is 6.07 Å². The highest BCUT2D eigenvalue weighted by atomic mass is 19.4. The van der Waals surface area contributed by atoms with Crippen LogP contribution in [-0.4, -0.2) is 12.6 Å². The van der Waals surface area contributed by atoms with Crippen LogP contribution in [0.25, 0.3) is 5.57 Å². The smallest absolute Gasteiger partial charge is 0.211 e. The van der Waals surface area contributed by atoms with E-state index in [9.17, 15) is 18.0 Å². The summed E-state index contributed by atoms with van der Waals surface area (Å²) in [5.41, 5.74) is -0.689. The molecule has 0 aliphatic rings. The maximum atomic E-state index is 12.6. The Morgan fingerprint density at radius 3 is 2.56 bits per heavy atom. The van der Waals surface area contributed by atoms with Gasteiger partial charge in [0.1, 0.15) is 0 Å². The molecule has 5 heteroatoms. The van der Waals surface area contributed by atoms with E-state index in [1.807, 2.05) is 0 Å². The number of benzene rings is 1. The Morgan fingerprint density at radius 1 is 1.38 bits per heavy atom. The second-order valence-electron chi connectivity index (χ2n) is 3.05. The van der Waals surface area contributed by atoms with Gasteiger partial charge in [0.25, 0.3) is 0 Å². The molecule has 0 amide bonds. The van der Waals surface area contributed by atoms with Gasteiger partial charge in [-0.1, -0.05) is 24.8 Å². The maximum absolute atomic E-state index is 12.6. The van der Waals surface area contributed by atoms with E-state index in [4.69, 9.17) is 0 Å². The van der Waals surface area contributed by atoms with Crippen molar-refractivity contribution in [2.24, 2.45) is 4.99 Å². The molecule has 0 spiro atoms. The summed E-state index contributed by atoms with van der Waals surface area (Å²) in [5, 5.41) is 0. The molecule has 84 valence electrons. The summed E-state index contributed by atoms with van der Waals surface area (Å²) < 4.78 is 37.7. The summed E-state index contributed by atoms with van der Waals surface area (Å²) in [7, 11) is 0. The zero-order valence-electron chi connectivity index (χ0n) is 8.21. The van der Waals surface area contributed by atoms with Crippen molar-refractivity contribution in [1.82, 2.24) is 0 Å². The monoisotopic (exact) mass is 227 g/mol. The van der Waals surface area contributed by atoms with E-state index < -0.39 is 11.7 Å². The molecule has 0 saturated carbocycles. The highest BCUT2D eigenvalue weighted by molar-refractivity contribution is 5.68. The Balaban J connectivity index is 3.13.